The molecule has 1 fully saturated rings. The second-order valence-corrected chi connectivity index (χ2v) is 4.04. The molecule has 0 radical (unpaired) electrons. The van der Waals surface area contributed by atoms with Crippen LogP contribution in [0, 0.1) is 0 Å². The maximum Gasteiger partial charge on any atom is 0.328 e. The number of rotatable bonds is 6. The Labute approximate surface area is 105 Å². The second kappa shape index (κ2) is 6.95. The zero-order valence-corrected chi connectivity index (χ0v) is 10.3. The first-order valence-corrected chi connectivity index (χ1v) is 5.93. The fraction of sp³-hybridized carbons (Fsp3) is 0.727. The third-order valence-electron chi connectivity index (χ3n) is 2.60. The highest BCUT2D eigenvalue weighted by atomic mass is 16.5. The lowest BCUT2D eigenvalue weighted by atomic mass is 10.1. The predicted molar refractivity (Wildman–Crippen MR) is 61.9 cm³/mol. The summed E-state index contributed by atoms with van der Waals surface area (Å²) in [7, 11) is 0. The van der Waals surface area contributed by atoms with Gasteiger partial charge >= 0.3 is 5.97 Å². The molecule has 0 aromatic rings. The fourth-order valence-corrected chi connectivity index (χ4v) is 1.67. The van der Waals surface area contributed by atoms with Crippen molar-refractivity contribution >= 4 is 17.8 Å². The van der Waals surface area contributed by atoms with Crippen LogP contribution in [0.2, 0.25) is 0 Å². The summed E-state index contributed by atoms with van der Waals surface area (Å²) in [6.45, 7) is 2.52. The Hall–Kier alpha value is -1.63. The molecule has 1 heterocycles. The number of carbonyl (C=O) groups excluding carboxylic acids is 2. The number of hydrogen-bond acceptors (Lipinski definition) is 4. The van der Waals surface area contributed by atoms with Gasteiger partial charge in [-0.2, -0.15) is 0 Å². The lowest BCUT2D eigenvalue weighted by Gasteiger charge is -2.32. The number of ether oxygens (including phenoxy) is 1. The van der Waals surface area contributed by atoms with Crippen LogP contribution in [0.15, 0.2) is 0 Å². The summed E-state index contributed by atoms with van der Waals surface area (Å²) in [6.07, 6.45) is 0.953. The van der Waals surface area contributed by atoms with Crippen LogP contribution in [0.4, 0.5) is 0 Å². The Balaban J connectivity index is 2.50. The van der Waals surface area contributed by atoms with Gasteiger partial charge < -0.3 is 20.1 Å². The van der Waals surface area contributed by atoms with E-state index in [0.29, 0.717) is 6.61 Å². The number of aliphatic carboxylic acids is 1. The highest BCUT2D eigenvalue weighted by Crippen LogP contribution is 2.07. The summed E-state index contributed by atoms with van der Waals surface area (Å²) in [5, 5.41) is 11.4. The first kappa shape index (κ1) is 14.4. The summed E-state index contributed by atoms with van der Waals surface area (Å²) in [5.41, 5.74) is 0. The van der Waals surface area contributed by atoms with E-state index in [-0.39, 0.29) is 37.9 Å². The monoisotopic (exact) mass is 258 g/mol. The molecule has 1 aliphatic heterocycles. The van der Waals surface area contributed by atoms with Gasteiger partial charge in [0, 0.05) is 13.2 Å². The van der Waals surface area contributed by atoms with Crippen molar-refractivity contribution in [1.82, 2.24) is 10.2 Å². The van der Waals surface area contributed by atoms with Crippen LogP contribution >= 0.6 is 0 Å². The topological polar surface area (TPSA) is 95.9 Å². The first-order chi connectivity index (χ1) is 8.56. The van der Waals surface area contributed by atoms with E-state index in [0.717, 1.165) is 11.3 Å². The molecule has 18 heavy (non-hydrogen) atoms. The summed E-state index contributed by atoms with van der Waals surface area (Å²) in [5.74, 6) is -1.82. The molecule has 7 heteroatoms. The van der Waals surface area contributed by atoms with E-state index in [1.165, 1.54) is 0 Å². The van der Waals surface area contributed by atoms with E-state index in [1.807, 2.05) is 6.92 Å². The molecule has 1 aliphatic rings. The number of nitrogens with one attached hydrogen (secondary N) is 1. The van der Waals surface area contributed by atoms with Crippen molar-refractivity contribution in [1.29, 1.82) is 0 Å². The SMILES string of the molecule is CCCOCCC(=O)N1CC(=O)NCC1C(=O)O. The zero-order valence-electron chi connectivity index (χ0n) is 10.3. The van der Waals surface area contributed by atoms with Gasteiger partial charge in [0.15, 0.2) is 0 Å². The summed E-state index contributed by atoms with van der Waals surface area (Å²) >= 11 is 0. The molecule has 2 amide bonds. The molecule has 0 aromatic carbocycles. The van der Waals surface area contributed by atoms with Gasteiger partial charge in [-0.05, 0) is 6.42 Å². The summed E-state index contributed by atoms with van der Waals surface area (Å²) < 4.78 is 5.17. The normalized spacial score (nSPS) is 19.5. The van der Waals surface area contributed by atoms with Crippen molar-refractivity contribution in [2.24, 2.45) is 0 Å². The molecule has 2 N–H and O–H groups in total. The number of piperazine rings is 1. The Bertz CT molecular complexity index is 331. The standard InChI is InChI=1S/C11H18N2O5/c1-2-4-18-5-3-10(15)13-7-9(14)12-6-8(13)11(16)17/h8H,2-7H2,1H3,(H,12,14)(H,16,17). The van der Waals surface area contributed by atoms with Crippen LogP contribution in [0.3, 0.4) is 0 Å². The molecule has 1 rings (SSSR count). The van der Waals surface area contributed by atoms with Crippen molar-refractivity contribution in [2.45, 2.75) is 25.8 Å². The summed E-state index contributed by atoms with van der Waals surface area (Å²) in [4.78, 5) is 35.1. The molecule has 0 aliphatic carbocycles. The van der Waals surface area contributed by atoms with Crippen molar-refractivity contribution in [3.05, 3.63) is 0 Å². The Morgan fingerprint density at radius 2 is 2.22 bits per heavy atom. The highest BCUT2D eigenvalue weighted by molar-refractivity contribution is 5.91. The quantitative estimate of drug-likeness (QED) is 0.609. The second-order valence-electron chi connectivity index (χ2n) is 4.04. The number of nitrogens with zero attached hydrogens (tertiary/aromatic N) is 1. The lowest BCUT2D eigenvalue weighted by Crippen LogP contribution is -2.59. The molecule has 1 atom stereocenters. The van der Waals surface area contributed by atoms with Crippen molar-refractivity contribution in [3.63, 3.8) is 0 Å². The molecule has 0 aromatic heterocycles. The Morgan fingerprint density at radius 3 is 2.83 bits per heavy atom. The first-order valence-electron chi connectivity index (χ1n) is 5.93. The van der Waals surface area contributed by atoms with E-state index in [4.69, 9.17) is 9.84 Å². The largest absolute Gasteiger partial charge is 0.480 e. The number of amides is 2. The average molecular weight is 258 g/mol. The minimum atomic E-state index is -1.11. The van der Waals surface area contributed by atoms with E-state index < -0.39 is 12.0 Å². The minimum Gasteiger partial charge on any atom is -0.480 e. The molecule has 102 valence electrons. The van der Waals surface area contributed by atoms with Gasteiger partial charge in [0.1, 0.15) is 12.6 Å². The van der Waals surface area contributed by atoms with E-state index in [9.17, 15) is 14.4 Å². The zero-order chi connectivity index (χ0) is 13.5. The van der Waals surface area contributed by atoms with E-state index in [2.05, 4.69) is 5.32 Å². The van der Waals surface area contributed by atoms with Crippen molar-refractivity contribution in [3.8, 4) is 0 Å². The molecular weight excluding hydrogens is 240 g/mol. The third-order valence-corrected chi connectivity index (χ3v) is 2.60. The number of carboxylic acids is 1. The smallest absolute Gasteiger partial charge is 0.328 e. The van der Waals surface area contributed by atoms with Gasteiger partial charge in [0.25, 0.3) is 0 Å². The molecule has 0 bridgehead atoms. The van der Waals surface area contributed by atoms with E-state index in [1.54, 1.807) is 0 Å². The maximum atomic E-state index is 11.8. The van der Waals surface area contributed by atoms with Crippen LogP contribution in [0.5, 0.6) is 0 Å². The van der Waals surface area contributed by atoms with Gasteiger partial charge in [0.2, 0.25) is 11.8 Å². The van der Waals surface area contributed by atoms with Crippen molar-refractivity contribution in [2.75, 3.05) is 26.3 Å². The van der Waals surface area contributed by atoms with E-state index >= 15 is 0 Å². The minimum absolute atomic E-state index is 0.0459. The molecule has 7 nitrogen and oxygen atoms in total. The number of hydrogen-bond donors (Lipinski definition) is 2. The predicted octanol–water partition coefficient (Wildman–Crippen LogP) is -0.785. The number of carbonyl (C=O) groups is 3. The van der Waals surface area contributed by atoms with Crippen molar-refractivity contribution < 1.29 is 24.2 Å². The fourth-order valence-electron chi connectivity index (χ4n) is 1.67. The lowest BCUT2D eigenvalue weighted by molar-refractivity contribution is -0.154. The van der Waals surface area contributed by atoms with Crippen LogP contribution in [-0.2, 0) is 19.1 Å². The molecule has 1 saturated heterocycles. The van der Waals surface area contributed by atoms with Crippen LogP contribution < -0.4 is 5.32 Å². The Morgan fingerprint density at radius 1 is 1.50 bits per heavy atom. The molecule has 0 spiro atoms. The van der Waals surface area contributed by atoms with Crippen LogP contribution in [-0.4, -0.2) is 60.1 Å². The van der Waals surface area contributed by atoms with Gasteiger partial charge in [-0.1, -0.05) is 6.92 Å². The summed E-state index contributed by atoms with van der Waals surface area (Å²) in [6, 6.07) is -0.985. The average Bonchev–Trinajstić information content (AvgIpc) is 2.34. The molecule has 0 saturated carbocycles. The Kier molecular flexibility index (Phi) is 5.57. The van der Waals surface area contributed by atoms with Crippen LogP contribution in [0.25, 0.3) is 0 Å². The third kappa shape index (κ3) is 3.99. The highest BCUT2D eigenvalue weighted by Gasteiger charge is 2.34. The molecule has 1 unspecified atom stereocenters. The number of carboxylic acid groups (broad SMARTS) is 1. The maximum absolute atomic E-state index is 11.8. The van der Waals surface area contributed by atoms with Crippen LogP contribution in [0.1, 0.15) is 19.8 Å². The van der Waals surface area contributed by atoms with Gasteiger partial charge in [-0.25, -0.2) is 4.79 Å². The van der Waals surface area contributed by atoms with Gasteiger partial charge in [-0.15, -0.1) is 0 Å². The van der Waals surface area contributed by atoms with Gasteiger partial charge in [0.05, 0.1) is 13.0 Å². The molecular formula is C11H18N2O5. The van der Waals surface area contributed by atoms with Gasteiger partial charge in [-0.3, -0.25) is 9.59 Å².